The molecule has 0 heterocycles. The van der Waals surface area contributed by atoms with E-state index in [9.17, 15) is 22.8 Å². The van der Waals surface area contributed by atoms with Gasteiger partial charge < -0.3 is 10.6 Å². The topological polar surface area (TPSA) is 58.2 Å². The molecule has 0 unspecified atom stereocenters. The fourth-order valence-corrected chi connectivity index (χ4v) is 2.95. The van der Waals surface area contributed by atoms with E-state index in [0.717, 1.165) is 25.7 Å². The molecule has 1 saturated carbocycles. The molecule has 0 atom stereocenters. The molecular weight excluding hydrogens is 321 g/mol. The van der Waals surface area contributed by atoms with Gasteiger partial charge >= 0.3 is 0 Å². The maximum Gasteiger partial charge on any atom is 0.252 e. The van der Waals surface area contributed by atoms with Gasteiger partial charge in [0.2, 0.25) is 5.91 Å². The number of rotatable bonds is 5. The van der Waals surface area contributed by atoms with Crippen molar-refractivity contribution in [1.82, 2.24) is 10.6 Å². The first kappa shape index (κ1) is 18.3. The molecule has 1 fully saturated rings. The quantitative estimate of drug-likeness (QED) is 0.808. The van der Waals surface area contributed by atoms with Gasteiger partial charge in [0.25, 0.3) is 5.91 Å². The molecule has 1 aliphatic carbocycles. The molecule has 0 bridgehead atoms. The molecule has 1 aromatic carbocycles. The molecule has 0 aromatic heterocycles. The minimum Gasteiger partial charge on any atom is -0.354 e. The van der Waals surface area contributed by atoms with Crippen LogP contribution in [0.3, 0.4) is 0 Å². The van der Waals surface area contributed by atoms with Crippen molar-refractivity contribution in [2.45, 2.75) is 51.0 Å². The van der Waals surface area contributed by atoms with E-state index in [0.29, 0.717) is 31.5 Å². The van der Waals surface area contributed by atoms with Crippen molar-refractivity contribution in [3.63, 3.8) is 0 Å². The lowest BCUT2D eigenvalue weighted by Crippen LogP contribution is -2.59. The van der Waals surface area contributed by atoms with E-state index in [-0.39, 0.29) is 11.5 Å². The summed E-state index contributed by atoms with van der Waals surface area (Å²) in [5.41, 5.74) is -1.44. The third-order valence-electron chi connectivity index (χ3n) is 4.28. The van der Waals surface area contributed by atoms with Gasteiger partial charge in [-0.2, -0.15) is 0 Å². The number of carbonyl (C=O) groups excluding carboxylic acids is 2. The predicted octanol–water partition coefficient (Wildman–Crippen LogP) is 3.06. The van der Waals surface area contributed by atoms with Crippen LogP contribution in [-0.2, 0) is 4.79 Å². The van der Waals surface area contributed by atoms with E-state index >= 15 is 0 Å². The van der Waals surface area contributed by atoms with Crippen LogP contribution in [0.15, 0.2) is 12.1 Å². The van der Waals surface area contributed by atoms with Crippen molar-refractivity contribution in [1.29, 1.82) is 0 Å². The van der Waals surface area contributed by atoms with Gasteiger partial charge in [-0.25, -0.2) is 13.2 Å². The third kappa shape index (κ3) is 3.88. The van der Waals surface area contributed by atoms with E-state index in [2.05, 4.69) is 10.6 Å². The maximum absolute atomic E-state index is 13.3. The number of nitrogens with one attached hydrogen (secondary N) is 2. The van der Waals surface area contributed by atoms with Crippen LogP contribution in [-0.4, -0.2) is 23.9 Å². The number of amides is 2. The second-order valence-electron chi connectivity index (χ2n) is 6.11. The Morgan fingerprint density at radius 1 is 1.08 bits per heavy atom. The van der Waals surface area contributed by atoms with Gasteiger partial charge in [-0.05, 0) is 31.4 Å². The van der Waals surface area contributed by atoms with Crippen molar-refractivity contribution >= 4 is 11.8 Å². The van der Waals surface area contributed by atoms with E-state index in [1.807, 2.05) is 6.92 Å². The minimum atomic E-state index is -1.63. The molecule has 0 aliphatic heterocycles. The summed E-state index contributed by atoms with van der Waals surface area (Å²) >= 11 is 0. The standard InChI is InChI=1S/C17H21F3N2O2/c1-2-8-21-16(24)17(6-4-3-5-7-17)22-15(23)11-9-12(18)14(20)13(19)10-11/h9-10H,2-8H2,1H3,(H,21,24)(H,22,23). The first-order valence-corrected chi connectivity index (χ1v) is 8.15. The zero-order valence-electron chi connectivity index (χ0n) is 13.6. The van der Waals surface area contributed by atoms with E-state index < -0.39 is 28.9 Å². The Bertz CT molecular complexity index is 605. The highest BCUT2D eigenvalue weighted by molar-refractivity contribution is 5.99. The summed E-state index contributed by atoms with van der Waals surface area (Å²) in [6.45, 7) is 2.40. The van der Waals surface area contributed by atoms with Crippen LogP contribution >= 0.6 is 0 Å². The van der Waals surface area contributed by atoms with Crippen LogP contribution in [0.2, 0.25) is 0 Å². The average molecular weight is 342 g/mol. The van der Waals surface area contributed by atoms with Gasteiger partial charge in [0.05, 0.1) is 0 Å². The van der Waals surface area contributed by atoms with Gasteiger partial charge in [0.15, 0.2) is 17.5 Å². The van der Waals surface area contributed by atoms with E-state index in [1.54, 1.807) is 0 Å². The second kappa shape index (κ2) is 7.68. The lowest BCUT2D eigenvalue weighted by Gasteiger charge is -2.36. The SMILES string of the molecule is CCCNC(=O)C1(NC(=O)c2cc(F)c(F)c(F)c2)CCCCC1. The summed E-state index contributed by atoms with van der Waals surface area (Å²) in [5.74, 6) is -5.58. The van der Waals surface area contributed by atoms with Gasteiger partial charge in [-0.15, -0.1) is 0 Å². The highest BCUT2D eigenvalue weighted by atomic mass is 19.2. The summed E-state index contributed by atoms with van der Waals surface area (Å²) in [6.07, 6.45) is 4.17. The van der Waals surface area contributed by atoms with E-state index in [4.69, 9.17) is 0 Å². The largest absolute Gasteiger partial charge is 0.354 e. The summed E-state index contributed by atoms with van der Waals surface area (Å²) < 4.78 is 39.7. The fraction of sp³-hybridized carbons (Fsp3) is 0.529. The predicted molar refractivity (Wildman–Crippen MR) is 82.9 cm³/mol. The molecule has 2 rings (SSSR count). The highest BCUT2D eigenvalue weighted by Gasteiger charge is 2.40. The molecule has 132 valence electrons. The Morgan fingerprint density at radius 2 is 1.67 bits per heavy atom. The number of halogens is 3. The smallest absolute Gasteiger partial charge is 0.252 e. The monoisotopic (exact) mass is 342 g/mol. The van der Waals surface area contributed by atoms with Gasteiger partial charge in [0.1, 0.15) is 5.54 Å². The Labute approximate surface area is 138 Å². The molecule has 4 nitrogen and oxygen atoms in total. The fourth-order valence-electron chi connectivity index (χ4n) is 2.95. The summed E-state index contributed by atoms with van der Waals surface area (Å²) in [5, 5.41) is 5.39. The molecule has 0 spiro atoms. The van der Waals surface area contributed by atoms with Crippen LogP contribution in [0, 0.1) is 17.5 Å². The van der Waals surface area contributed by atoms with Crippen molar-refractivity contribution in [2.24, 2.45) is 0 Å². The van der Waals surface area contributed by atoms with Gasteiger partial charge in [-0.3, -0.25) is 9.59 Å². The maximum atomic E-state index is 13.3. The normalized spacial score (nSPS) is 16.5. The first-order valence-electron chi connectivity index (χ1n) is 8.15. The number of hydrogen-bond acceptors (Lipinski definition) is 2. The molecular formula is C17H21F3N2O2. The van der Waals surface area contributed by atoms with Crippen LogP contribution in [0.4, 0.5) is 13.2 Å². The number of carbonyl (C=O) groups is 2. The number of benzene rings is 1. The average Bonchev–Trinajstić information content (AvgIpc) is 2.57. The zero-order chi connectivity index (χ0) is 17.7. The lowest BCUT2D eigenvalue weighted by molar-refractivity contribution is -0.128. The number of hydrogen-bond donors (Lipinski definition) is 2. The van der Waals surface area contributed by atoms with Crippen LogP contribution in [0.25, 0.3) is 0 Å². The minimum absolute atomic E-state index is 0.291. The van der Waals surface area contributed by atoms with Gasteiger partial charge in [0, 0.05) is 12.1 Å². The molecule has 1 aromatic rings. The van der Waals surface area contributed by atoms with Crippen molar-refractivity contribution in [3.05, 3.63) is 35.1 Å². The molecule has 0 radical (unpaired) electrons. The Hall–Kier alpha value is -2.05. The highest BCUT2D eigenvalue weighted by Crippen LogP contribution is 2.29. The third-order valence-corrected chi connectivity index (χ3v) is 4.28. The Kier molecular flexibility index (Phi) is 5.85. The Morgan fingerprint density at radius 3 is 2.21 bits per heavy atom. The van der Waals surface area contributed by atoms with Gasteiger partial charge in [-0.1, -0.05) is 26.2 Å². The van der Waals surface area contributed by atoms with E-state index in [1.165, 1.54) is 0 Å². The first-order chi connectivity index (χ1) is 11.4. The van der Waals surface area contributed by atoms with Crippen LogP contribution in [0.1, 0.15) is 55.8 Å². The molecule has 1 aliphatic rings. The molecule has 2 amide bonds. The summed E-state index contributed by atoms with van der Waals surface area (Å²) in [7, 11) is 0. The van der Waals surface area contributed by atoms with Crippen molar-refractivity contribution in [2.75, 3.05) is 6.54 Å². The molecule has 24 heavy (non-hydrogen) atoms. The van der Waals surface area contributed by atoms with Crippen LogP contribution < -0.4 is 10.6 Å². The van der Waals surface area contributed by atoms with Crippen molar-refractivity contribution in [3.8, 4) is 0 Å². The Balaban J connectivity index is 2.23. The zero-order valence-corrected chi connectivity index (χ0v) is 13.6. The molecule has 7 heteroatoms. The molecule has 0 saturated heterocycles. The van der Waals surface area contributed by atoms with Crippen molar-refractivity contribution < 1.29 is 22.8 Å². The summed E-state index contributed by atoms with van der Waals surface area (Å²) in [4.78, 5) is 24.9. The lowest BCUT2D eigenvalue weighted by atomic mass is 9.80. The molecule has 2 N–H and O–H groups in total. The van der Waals surface area contributed by atoms with Crippen LogP contribution in [0.5, 0.6) is 0 Å². The second-order valence-corrected chi connectivity index (χ2v) is 6.11. The summed E-state index contributed by atoms with van der Waals surface area (Å²) in [6, 6.07) is 1.27.